The zero-order valence-electron chi connectivity index (χ0n) is 8.04. The van der Waals surface area contributed by atoms with Gasteiger partial charge in [-0.25, -0.2) is 0 Å². The van der Waals surface area contributed by atoms with Crippen molar-refractivity contribution in [3.63, 3.8) is 0 Å². The number of hydrogen-bond acceptors (Lipinski definition) is 1. The first-order chi connectivity index (χ1) is 6.29. The second-order valence-corrected chi connectivity index (χ2v) is 4.78. The standard InChI is InChI=1S/C10H18NOP/c12-10(13)11-7-3-5-8-4-1-2-6-9(8)11/h8-9H,1-7,13H2. The van der Waals surface area contributed by atoms with Crippen LogP contribution in [0.1, 0.15) is 38.5 Å². The maximum Gasteiger partial charge on any atom is 0.237 e. The van der Waals surface area contributed by atoms with Crippen LogP contribution in [0.5, 0.6) is 0 Å². The van der Waals surface area contributed by atoms with Crippen LogP contribution in [0.3, 0.4) is 0 Å². The summed E-state index contributed by atoms with van der Waals surface area (Å²) in [5.74, 6) is 0.812. The fraction of sp³-hybridized carbons (Fsp3) is 0.900. The second-order valence-electron chi connectivity index (χ2n) is 4.29. The zero-order valence-corrected chi connectivity index (χ0v) is 9.19. The number of rotatable bonds is 0. The highest BCUT2D eigenvalue weighted by Crippen LogP contribution is 2.35. The molecule has 2 aliphatic rings. The van der Waals surface area contributed by atoms with Crippen LogP contribution in [0.2, 0.25) is 0 Å². The first kappa shape index (κ1) is 9.45. The van der Waals surface area contributed by atoms with Crippen molar-refractivity contribution >= 4 is 14.9 Å². The number of nitrogens with zero attached hydrogens (tertiary/aromatic N) is 1. The van der Waals surface area contributed by atoms with E-state index >= 15 is 0 Å². The Kier molecular flexibility index (Phi) is 2.88. The number of hydrogen-bond donors (Lipinski definition) is 0. The minimum absolute atomic E-state index is 0.205. The van der Waals surface area contributed by atoms with Gasteiger partial charge in [0.05, 0.1) is 0 Å². The summed E-state index contributed by atoms with van der Waals surface area (Å²) in [6.45, 7) is 0.990. The lowest BCUT2D eigenvalue weighted by atomic mass is 9.78. The molecular formula is C10H18NOP. The van der Waals surface area contributed by atoms with Crippen molar-refractivity contribution in [2.45, 2.75) is 44.6 Å². The van der Waals surface area contributed by atoms with E-state index in [1.165, 1.54) is 38.5 Å². The van der Waals surface area contributed by atoms with Gasteiger partial charge in [0.2, 0.25) is 5.65 Å². The third-order valence-electron chi connectivity index (χ3n) is 3.53. The first-order valence-electron chi connectivity index (χ1n) is 5.35. The third kappa shape index (κ3) is 1.88. The van der Waals surface area contributed by atoms with E-state index in [1.54, 1.807) is 0 Å². The lowest BCUT2D eigenvalue weighted by Crippen LogP contribution is -2.47. The van der Waals surface area contributed by atoms with Crippen LogP contribution in [0.15, 0.2) is 0 Å². The summed E-state index contributed by atoms with van der Waals surface area (Å²) in [5.41, 5.74) is 0.205. The van der Waals surface area contributed by atoms with E-state index in [2.05, 4.69) is 14.1 Å². The molecule has 1 amide bonds. The van der Waals surface area contributed by atoms with Crippen molar-refractivity contribution in [2.24, 2.45) is 5.92 Å². The minimum Gasteiger partial charge on any atom is -0.336 e. The third-order valence-corrected chi connectivity index (χ3v) is 3.86. The number of carbonyl (C=O) groups is 1. The van der Waals surface area contributed by atoms with Crippen molar-refractivity contribution in [3.8, 4) is 0 Å². The van der Waals surface area contributed by atoms with E-state index in [9.17, 15) is 4.79 Å². The number of carbonyl (C=O) groups excluding carboxylic acids is 1. The quantitative estimate of drug-likeness (QED) is 0.549. The molecule has 13 heavy (non-hydrogen) atoms. The lowest BCUT2D eigenvalue weighted by Gasteiger charge is -2.43. The van der Waals surface area contributed by atoms with Gasteiger partial charge in [-0.15, -0.1) is 0 Å². The number of amides is 1. The van der Waals surface area contributed by atoms with Crippen LogP contribution in [0.25, 0.3) is 0 Å². The molecule has 1 heterocycles. The van der Waals surface area contributed by atoms with E-state index < -0.39 is 0 Å². The van der Waals surface area contributed by atoms with Gasteiger partial charge in [0.25, 0.3) is 0 Å². The molecule has 0 spiro atoms. The molecule has 0 aromatic rings. The zero-order chi connectivity index (χ0) is 9.26. The molecule has 0 N–H and O–H groups in total. The molecule has 1 aliphatic heterocycles. The van der Waals surface area contributed by atoms with Gasteiger partial charge in [0.1, 0.15) is 0 Å². The van der Waals surface area contributed by atoms with E-state index in [0.29, 0.717) is 6.04 Å². The van der Waals surface area contributed by atoms with Crippen LogP contribution in [0, 0.1) is 5.92 Å². The van der Waals surface area contributed by atoms with Crippen molar-refractivity contribution in [3.05, 3.63) is 0 Å². The highest BCUT2D eigenvalue weighted by Gasteiger charge is 2.34. The highest BCUT2D eigenvalue weighted by molar-refractivity contribution is 7.39. The van der Waals surface area contributed by atoms with Crippen LogP contribution < -0.4 is 0 Å². The molecule has 2 rings (SSSR count). The number of likely N-dealkylation sites (tertiary alicyclic amines) is 1. The van der Waals surface area contributed by atoms with E-state index in [0.717, 1.165) is 12.5 Å². The largest absolute Gasteiger partial charge is 0.336 e. The van der Waals surface area contributed by atoms with Gasteiger partial charge >= 0.3 is 0 Å². The molecule has 1 saturated carbocycles. The predicted octanol–water partition coefficient (Wildman–Crippen LogP) is 2.64. The molecular weight excluding hydrogens is 181 g/mol. The molecule has 3 unspecified atom stereocenters. The van der Waals surface area contributed by atoms with Crippen LogP contribution in [-0.4, -0.2) is 23.1 Å². The van der Waals surface area contributed by atoms with Gasteiger partial charge in [-0.2, -0.15) is 0 Å². The van der Waals surface area contributed by atoms with Gasteiger partial charge < -0.3 is 4.90 Å². The van der Waals surface area contributed by atoms with Gasteiger partial charge in [-0.1, -0.05) is 12.8 Å². The molecule has 0 bridgehead atoms. The Morgan fingerprint density at radius 3 is 2.62 bits per heavy atom. The monoisotopic (exact) mass is 199 g/mol. The summed E-state index contributed by atoms with van der Waals surface area (Å²) in [5, 5.41) is 0. The van der Waals surface area contributed by atoms with Crippen LogP contribution in [0.4, 0.5) is 4.79 Å². The Morgan fingerprint density at radius 1 is 1.15 bits per heavy atom. The van der Waals surface area contributed by atoms with Crippen molar-refractivity contribution in [2.75, 3.05) is 6.54 Å². The van der Waals surface area contributed by atoms with Gasteiger partial charge in [0, 0.05) is 12.6 Å². The normalized spacial score (nSPS) is 34.1. The summed E-state index contributed by atoms with van der Waals surface area (Å²) < 4.78 is 0. The molecule has 0 radical (unpaired) electrons. The molecule has 1 saturated heterocycles. The van der Waals surface area contributed by atoms with Gasteiger partial charge in [-0.05, 0) is 40.8 Å². The summed E-state index contributed by atoms with van der Waals surface area (Å²) >= 11 is 0. The second kappa shape index (κ2) is 3.96. The fourth-order valence-corrected chi connectivity index (χ4v) is 3.22. The predicted molar refractivity (Wildman–Crippen MR) is 56.8 cm³/mol. The van der Waals surface area contributed by atoms with Crippen molar-refractivity contribution in [1.29, 1.82) is 0 Å². The Balaban J connectivity index is 2.06. The van der Waals surface area contributed by atoms with E-state index in [4.69, 9.17) is 0 Å². The smallest absolute Gasteiger partial charge is 0.237 e. The molecule has 1 aliphatic carbocycles. The minimum atomic E-state index is 0.205. The lowest BCUT2D eigenvalue weighted by molar-refractivity contribution is 0.0967. The first-order valence-corrected chi connectivity index (χ1v) is 5.93. The van der Waals surface area contributed by atoms with Gasteiger partial charge in [-0.3, -0.25) is 4.79 Å². The Morgan fingerprint density at radius 2 is 1.85 bits per heavy atom. The van der Waals surface area contributed by atoms with Crippen molar-refractivity contribution in [1.82, 2.24) is 4.90 Å². The van der Waals surface area contributed by atoms with Crippen LogP contribution in [-0.2, 0) is 0 Å². The summed E-state index contributed by atoms with van der Waals surface area (Å²) in [6.07, 6.45) is 7.83. The molecule has 0 aromatic heterocycles. The van der Waals surface area contributed by atoms with Crippen molar-refractivity contribution < 1.29 is 4.79 Å². The summed E-state index contributed by atoms with van der Waals surface area (Å²) in [6, 6.07) is 0.576. The maximum absolute atomic E-state index is 11.3. The summed E-state index contributed by atoms with van der Waals surface area (Å²) in [4.78, 5) is 13.4. The molecule has 2 fully saturated rings. The van der Waals surface area contributed by atoms with Gasteiger partial charge in [0.15, 0.2) is 0 Å². The molecule has 3 atom stereocenters. The Bertz CT molecular complexity index is 205. The summed E-state index contributed by atoms with van der Waals surface area (Å²) in [7, 11) is 2.33. The maximum atomic E-state index is 11.3. The molecule has 0 aromatic carbocycles. The molecule has 3 heteroatoms. The Hall–Kier alpha value is -0.100. The average molecular weight is 199 g/mol. The number of fused-ring (bicyclic) bond motifs is 1. The SMILES string of the molecule is O=C(P)N1CCCC2CCCCC21. The van der Waals surface area contributed by atoms with E-state index in [-0.39, 0.29) is 5.65 Å². The average Bonchev–Trinajstić information content (AvgIpc) is 2.17. The van der Waals surface area contributed by atoms with E-state index in [1.807, 2.05) is 0 Å². The Labute approximate surface area is 82.3 Å². The van der Waals surface area contributed by atoms with Crippen LogP contribution >= 0.6 is 9.24 Å². The highest BCUT2D eigenvalue weighted by atomic mass is 31.0. The molecule has 74 valence electrons. The fourth-order valence-electron chi connectivity index (χ4n) is 2.90. The topological polar surface area (TPSA) is 20.3 Å². The molecule has 2 nitrogen and oxygen atoms in total. The number of piperidine rings is 1.